The van der Waals surface area contributed by atoms with Crippen molar-refractivity contribution in [1.82, 2.24) is 4.98 Å². The van der Waals surface area contributed by atoms with Gasteiger partial charge in [-0.2, -0.15) is 0 Å². The zero-order valence-corrected chi connectivity index (χ0v) is 11.2. The summed E-state index contributed by atoms with van der Waals surface area (Å²) in [5.41, 5.74) is 6.89. The summed E-state index contributed by atoms with van der Waals surface area (Å²) < 4.78 is 0. The molecule has 0 N–H and O–H groups in total. The molecule has 0 radical (unpaired) electrons. The Morgan fingerprint density at radius 1 is 1.15 bits per heavy atom. The molecule has 0 bridgehead atoms. The molecule has 1 aromatic heterocycles. The van der Waals surface area contributed by atoms with Gasteiger partial charge in [0.25, 0.3) is 5.70 Å². The lowest BCUT2D eigenvalue weighted by molar-refractivity contribution is 1.20. The molecule has 3 heteroatoms. The first-order valence-corrected chi connectivity index (χ1v) is 6.26. The maximum Gasteiger partial charge on any atom is 0.270 e. The van der Waals surface area contributed by atoms with Gasteiger partial charge in [-0.25, -0.2) is 10.1 Å². The van der Waals surface area contributed by atoms with Gasteiger partial charge in [0, 0.05) is 17.5 Å². The lowest BCUT2D eigenvalue weighted by atomic mass is 10.0. The quantitative estimate of drug-likeness (QED) is 0.453. The fourth-order valence-electron chi connectivity index (χ4n) is 2.62. The van der Waals surface area contributed by atoms with Crippen LogP contribution in [0.15, 0.2) is 36.2 Å². The fraction of sp³-hybridized carbons (Fsp3) is 0.118. The van der Waals surface area contributed by atoms with Crippen molar-refractivity contribution in [3.8, 4) is 17.2 Å². The van der Waals surface area contributed by atoms with Gasteiger partial charge < -0.3 is 0 Å². The van der Waals surface area contributed by atoms with Crippen LogP contribution in [0.2, 0.25) is 0 Å². The number of benzene rings is 1. The molecule has 1 heterocycles. The zero-order valence-electron chi connectivity index (χ0n) is 11.2. The third kappa shape index (κ3) is 1.61. The third-order valence-electron chi connectivity index (χ3n) is 3.50. The summed E-state index contributed by atoms with van der Waals surface area (Å²) in [6, 6.07) is 10.1. The van der Waals surface area contributed by atoms with E-state index >= 15 is 0 Å². The van der Waals surface area contributed by atoms with E-state index in [1.165, 1.54) is 0 Å². The summed E-state index contributed by atoms with van der Waals surface area (Å²) >= 11 is 0. The zero-order chi connectivity index (χ0) is 14.3. The standard InChI is InChI=1S/C17H11N3/c1-10-4-5-12-13(6-10)14-7-11(2)20-9-15(14)17(12)16(8-18)19-3/h4-7,9H,1-2H3/b17-16+. The minimum atomic E-state index is 0.125. The van der Waals surface area contributed by atoms with Gasteiger partial charge in [-0.15, -0.1) is 0 Å². The molecule has 0 aliphatic heterocycles. The van der Waals surface area contributed by atoms with Crippen LogP contribution in [0.1, 0.15) is 22.4 Å². The molecule has 0 saturated carbocycles. The van der Waals surface area contributed by atoms with Gasteiger partial charge in [0.05, 0.1) is 12.6 Å². The van der Waals surface area contributed by atoms with Crippen molar-refractivity contribution in [3.05, 3.63) is 70.0 Å². The molecular weight excluding hydrogens is 246 g/mol. The van der Waals surface area contributed by atoms with Gasteiger partial charge in [0.2, 0.25) is 0 Å². The average molecular weight is 257 g/mol. The van der Waals surface area contributed by atoms with Crippen LogP contribution in [0, 0.1) is 31.8 Å². The third-order valence-corrected chi connectivity index (χ3v) is 3.50. The molecule has 0 amide bonds. The molecule has 3 rings (SSSR count). The van der Waals surface area contributed by atoms with Crippen molar-refractivity contribution in [2.24, 2.45) is 0 Å². The molecule has 1 aliphatic rings. The summed E-state index contributed by atoms with van der Waals surface area (Å²) in [6.45, 7) is 11.2. The van der Waals surface area contributed by atoms with E-state index < -0.39 is 0 Å². The Morgan fingerprint density at radius 2 is 1.90 bits per heavy atom. The molecule has 3 nitrogen and oxygen atoms in total. The SMILES string of the molecule is [C-]#[N+]/C(C#N)=C1\c2ccc(C)cc2-c2cc(C)ncc21. The van der Waals surface area contributed by atoms with Crippen LogP contribution in [0.4, 0.5) is 0 Å². The Hall–Kier alpha value is -2.91. The van der Waals surface area contributed by atoms with Gasteiger partial charge in [-0.1, -0.05) is 23.8 Å². The number of fused-ring (bicyclic) bond motifs is 3. The van der Waals surface area contributed by atoms with Crippen LogP contribution in [-0.4, -0.2) is 4.98 Å². The summed E-state index contributed by atoms with van der Waals surface area (Å²) in [5, 5.41) is 9.20. The number of aryl methyl sites for hydroxylation is 2. The molecule has 0 saturated heterocycles. The second-order valence-electron chi connectivity index (χ2n) is 4.87. The highest BCUT2D eigenvalue weighted by Crippen LogP contribution is 2.45. The molecule has 0 spiro atoms. The summed E-state index contributed by atoms with van der Waals surface area (Å²) in [6.07, 6.45) is 1.76. The molecule has 20 heavy (non-hydrogen) atoms. The molecule has 0 atom stereocenters. The van der Waals surface area contributed by atoms with E-state index in [9.17, 15) is 5.26 Å². The van der Waals surface area contributed by atoms with Gasteiger partial charge >= 0.3 is 0 Å². The van der Waals surface area contributed by atoms with Crippen molar-refractivity contribution in [1.29, 1.82) is 5.26 Å². The van der Waals surface area contributed by atoms with Crippen molar-refractivity contribution >= 4 is 5.57 Å². The van der Waals surface area contributed by atoms with E-state index in [1.54, 1.807) is 6.20 Å². The van der Waals surface area contributed by atoms with E-state index in [0.29, 0.717) is 5.57 Å². The van der Waals surface area contributed by atoms with Crippen LogP contribution >= 0.6 is 0 Å². The van der Waals surface area contributed by atoms with Crippen molar-refractivity contribution in [2.45, 2.75) is 13.8 Å². The molecule has 0 fully saturated rings. The monoisotopic (exact) mass is 257 g/mol. The number of nitriles is 1. The topological polar surface area (TPSA) is 41.0 Å². The second kappa shape index (κ2) is 4.33. The maximum atomic E-state index is 9.20. The van der Waals surface area contributed by atoms with Crippen LogP contribution < -0.4 is 0 Å². The first kappa shape index (κ1) is 12.1. The minimum absolute atomic E-state index is 0.125. The summed E-state index contributed by atoms with van der Waals surface area (Å²) in [5.74, 6) is 0. The fourth-order valence-corrected chi connectivity index (χ4v) is 2.62. The number of rotatable bonds is 0. The van der Waals surface area contributed by atoms with E-state index in [-0.39, 0.29) is 5.70 Å². The van der Waals surface area contributed by atoms with Gasteiger partial charge in [-0.05, 0) is 42.2 Å². The van der Waals surface area contributed by atoms with E-state index in [2.05, 4.69) is 15.9 Å². The molecule has 94 valence electrons. The first-order chi connectivity index (χ1) is 9.65. The van der Waals surface area contributed by atoms with Crippen LogP contribution in [0.25, 0.3) is 21.5 Å². The van der Waals surface area contributed by atoms with Crippen molar-refractivity contribution < 1.29 is 0 Å². The van der Waals surface area contributed by atoms with Crippen LogP contribution in [0.5, 0.6) is 0 Å². The molecule has 0 unspecified atom stereocenters. The van der Waals surface area contributed by atoms with E-state index in [0.717, 1.165) is 33.5 Å². The normalized spacial score (nSPS) is 14.0. The number of hydrogen-bond acceptors (Lipinski definition) is 2. The minimum Gasteiger partial charge on any atom is -0.261 e. The summed E-state index contributed by atoms with van der Waals surface area (Å²) in [7, 11) is 0. The number of allylic oxidation sites excluding steroid dienone is 1. The van der Waals surface area contributed by atoms with Crippen LogP contribution in [-0.2, 0) is 0 Å². The molecule has 1 aliphatic carbocycles. The van der Waals surface area contributed by atoms with Crippen LogP contribution in [0.3, 0.4) is 0 Å². The number of nitrogens with zero attached hydrogens (tertiary/aromatic N) is 3. The molecular formula is C17H11N3. The lowest BCUT2D eigenvalue weighted by Crippen LogP contribution is -1.88. The summed E-state index contributed by atoms with van der Waals surface area (Å²) in [4.78, 5) is 7.68. The Kier molecular flexibility index (Phi) is 2.63. The Balaban J connectivity index is 2.47. The van der Waals surface area contributed by atoms with Crippen molar-refractivity contribution in [3.63, 3.8) is 0 Å². The highest BCUT2D eigenvalue weighted by atomic mass is 14.7. The molecule has 1 aromatic carbocycles. The van der Waals surface area contributed by atoms with Gasteiger partial charge in [-0.3, -0.25) is 4.98 Å². The largest absolute Gasteiger partial charge is 0.270 e. The smallest absolute Gasteiger partial charge is 0.261 e. The lowest BCUT2D eigenvalue weighted by Gasteiger charge is -2.02. The Morgan fingerprint density at radius 3 is 2.60 bits per heavy atom. The number of pyridine rings is 1. The predicted octanol–water partition coefficient (Wildman–Crippen LogP) is 3.88. The average Bonchev–Trinajstić information content (AvgIpc) is 2.74. The Labute approximate surface area is 117 Å². The first-order valence-electron chi connectivity index (χ1n) is 6.26. The van der Waals surface area contributed by atoms with E-state index in [1.807, 2.05) is 38.1 Å². The maximum absolute atomic E-state index is 9.20. The number of aromatic nitrogens is 1. The predicted molar refractivity (Wildman–Crippen MR) is 77.4 cm³/mol. The van der Waals surface area contributed by atoms with Crippen molar-refractivity contribution in [2.75, 3.05) is 0 Å². The van der Waals surface area contributed by atoms with Gasteiger partial charge in [0.1, 0.15) is 0 Å². The highest BCUT2D eigenvalue weighted by Gasteiger charge is 2.26. The second-order valence-corrected chi connectivity index (χ2v) is 4.87. The van der Waals surface area contributed by atoms with Gasteiger partial charge in [0.15, 0.2) is 0 Å². The number of hydrogen-bond donors (Lipinski definition) is 0. The molecule has 2 aromatic rings. The van der Waals surface area contributed by atoms with E-state index in [4.69, 9.17) is 6.57 Å². The Bertz CT molecular complexity index is 776. The highest BCUT2D eigenvalue weighted by molar-refractivity contribution is 6.03.